The van der Waals surface area contributed by atoms with Gasteiger partial charge in [0.1, 0.15) is 5.75 Å². The number of ether oxygens (including phenoxy) is 2. The van der Waals surface area contributed by atoms with E-state index in [2.05, 4.69) is 6.92 Å². The van der Waals surface area contributed by atoms with E-state index in [9.17, 15) is 8.42 Å². The maximum Gasteiger partial charge on any atom is 0.243 e. The number of piperidine rings is 1. The lowest BCUT2D eigenvalue weighted by molar-refractivity contribution is 0.0209. The van der Waals surface area contributed by atoms with E-state index in [1.807, 2.05) is 0 Å². The van der Waals surface area contributed by atoms with Crippen LogP contribution in [0.3, 0.4) is 0 Å². The Morgan fingerprint density at radius 2 is 1.77 bits per heavy atom. The van der Waals surface area contributed by atoms with Crippen molar-refractivity contribution in [2.24, 2.45) is 5.73 Å². The zero-order valence-electron chi connectivity index (χ0n) is 15.7. The fourth-order valence-electron chi connectivity index (χ4n) is 2.97. The number of benzene rings is 1. The first-order valence-electron chi connectivity index (χ1n) is 9.62. The Hall–Kier alpha value is -1.15. The van der Waals surface area contributed by atoms with Crippen LogP contribution in [-0.2, 0) is 14.8 Å². The quantitative estimate of drug-likeness (QED) is 0.593. The van der Waals surface area contributed by atoms with Gasteiger partial charge in [-0.05, 0) is 56.5 Å². The molecule has 1 fully saturated rings. The van der Waals surface area contributed by atoms with Gasteiger partial charge in [-0.3, -0.25) is 0 Å². The third-order valence-corrected chi connectivity index (χ3v) is 6.49. The molecule has 2 N–H and O–H groups in total. The Morgan fingerprint density at radius 3 is 2.38 bits per heavy atom. The lowest BCUT2D eigenvalue weighted by Gasteiger charge is -2.31. The summed E-state index contributed by atoms with van der Waals surface area (Å²) in [6.07, 6.45) is 5.72. The van der Waals surface area contributed by atoms with Gasteiger partial charge < -0.3 is 15.2 Å². The van der Waals surface area contributed by atoms with Crippen molar-refractivity contribution in [1.29, 1.82) is 0 Å². The van der Waals surface area contributed by atoms with Crippen LogP contribution in [0.25, 0.3) is 0 Å². The van der Waals surface area contributed by atoms with Crippen molar-refractivity contribution in [1.82, 2.24) is 4.31 Å². The minimum atomic E-state index is -3.45. The summed E-state index contributed by atoms with van der Waals surface area (Å²) in [4.78, 5) is 0.320. The monoisotopic (exact) mass is 384 g/mol. The number of rotatable bonds is 11. The molecule has 0 atom stereocenters. The van der Waals surface area contributed by atoms with Crippen LogP contribution in [0.2, 0.25) is 0 Å². The zero-order valence-corrected chi connectivity index (χ0v) is 16.5. The van der Waals surface area contributed by atoms with Crippen molar-refractivity contribution in [2.45, 2.75) is 56.4 Å². The Morgan fingerprint density at radius 1 is 1.08 bits per heavy atom. The maximum atomic E-state index is 12.8. The summed E-state index contributed by atoms with van der Waals surface area (Å²) >= 11 is 0. The first-order chi connectivity index (χ1) is 12.6. The van der Waals surface area contributed by atoms with Crippen LogP contribution < -0.4 is 10.5 Å². The summed E-state index contributed by atoms with van der Waals surface area (Å²) in [6.45, 7) is 5.06. The molecular formula is C19H32N2O4S. The van der Waals surface area contributed by atoms with Gasteiger partial charge in [0.15, 0.2) is 0 Å². The van der Waals surface area contributed by atoms with Gasteiger partial charge in [-0.2, -0.15) is 4.31 Å². The number of hydrogen-bond acceptors (Lipinski definition) is 5. The molecule has 1 aromatic carbocycles. The predicted molar refractivity (Wildman–Crippen MR) is 103 cm³/mol. The molecule has 0 amide bonds. The Bertz CT molecular complexity index is 611. The van der Waals surface area contributed by atoms with Gasteiger partial charge in [-0.15, -0.1) is 0 Å². The van der Waals surface area contributed by atoms with E-state index in [1.54, 1.807) is 28.6 Å². The van der Waals surface area contributed by atoms with Crippen molar-refractivity contribution in [3.63, 3.8) is 0 Å². The second-order valence-corrected chi connectivity index (χ2v) is 8.58. The van der Waals surface area contributed by atoms with Crippen molar-refractivity contribution >= 4 is 10.0 Å². The number of sulfonamides is 1. The molecule has 0 saturated carbocycles. The molecule has 0 radical (unpaired) electrons. The number of nitrogens with zero attached hydrogens (tertiary/aromatic N) is 1. The van der Waals surface area contributed by atoms with E-state index >= 15 is 0 Å². The van der Waals surface area contributed by atoms with Crippen LogP contribution in [0, 0.1) is 0 Å². The summed E-state index contributed by atoms with van der Waals surface area (Å²) in [5.41, 5.74) is 5.46. The van der Waals surface area contributed by atoms with E-state index in [0.717, 1.165) is 38.5 Å². The number of hydrogen-bond donors (Lipinski definition) is 1. The topological polar surface area (TPSA) is 81.9 Å². The van der Waals surface area contributed by atoms with Crippen molar-refractivity contribution in [3.8, 4) is 5.75 Å². The van der Waals surface area contributed by atoms with E-state index in [4.69, 9.17) is 15.2 Å². The zero-order chi connectivity index (χ0) is 18.8. The summed E-state index contributed by atoms with van der Waals surface area (Å²) in [5, 5.41) is 0. The van der Waals surface area contributed by atoms with Crippen molar-refractivity contribution in [2.75, 3.05) is 32.8 Å². The lowest BCUT2D eigenvalue weighted by atomic mass is 10.1. The molecule has 1 aliphatic rings. The van der Waals surface area contributed by atoms with Crippen LogP contribution in [-0.4, -0.2) is 51.7 Å². The fraction of sp³-hybridized carbons (Fsp3) is 0.684. The molecule has 0 spiro atoms. The van der Waals surface area contributed by atoms with Gasteiger partial charge in [-0.25, -0.2) is 8.42 Å². The number of nitrogens with two attached hydrogens (primary N) is 1. The van der Waals surface area contributed by atoms with E-state index in [-0.39, 0.29) is 6.10 Å². The summed E-state index contributed by atoms with van der Waals surface area (Å²) < 4.78 is 38.5. The average molecular weight is 385 g/mol. The van der Waals surface area contributed by atoms with E-state index in [0.29, 0.717) is 43.5 Å². The standard InChI is InChI=1S/C19H32N2O4S/c1-2-3-4-15-24-17-6-8-19(9-7-17)26(22,23)21-13-10-18(11-14-21)25-16-5-12-20/h6-9,18H,2-5,10-16,20H2,1H3. The molecule has 26 heavy (non-hydrogen) atoms. The molecule has 6 nitrogen and oxygen atoms in total. The lowest BCUT2D eigenvalue weighted by Crippen LogP contribution is -2.40. The third kappa shape index (κ3) is 6.23. The molecule has 0 aliphatic carbocycles. The van der Waals surface area contributed by atoms with Crippen LogP contribution in [0.4, 0.5) is 0 Å². The van der Waals surface area contributed by atoms with Gasteiger partial charge in [0.25, 0.3) is 0 Å². The molecule has 1 aliphatic heterocycles. The molecule has 0 aromatic heterocycles. The maximum absolute atomic E-state index is 12.8. The number of unbranched alkanes of at least 4 members (excludes halogenated alkanes) is 2. The highest BCUT2D eigenvalue weighted by molar-refractivity contribution is 7.89. The molecule has 0 bridgehead atoms. The van der Waals surface area contributed by atoms with E-state index in [1.165, 1.54) is 0 Å². The molecule has 0 unspecified atom stereocenters. The highest BCUT2D eigenvalue weighted by Crippen LogP contribution is 2.24. The van der Waals surface area contributed by atoms with Crippen molar-refractivity contribution in [3.05, 3.63) is 24.3 Å². The summed E-state index contributed by atoms with van der Waals surface area (Å²) in [6, 6.07) is 6.74. The van der Waals surface area contributed by atoms with Gasteiger partial charge >= 0.3 is 0 Å². The normalized spacial score (nSPS) is 16.7. The second kappa shape index (κ2) is 10.9. The highest BCUT2D eigenvalue weighted by atomic mass is 32.2. The Balaban J connectivity index is 1.85. The predicted octanol–water partition coefficient (Wildman–Crippen LogP) is 2.77. The minimum absolute atomic E-state index is 0.131. The summed E-state index contributed by atoms with van der Waals surface area (Å²) in [7, 11) is -3.45. The van der Waals surface area contributed by atoms with Crippen molar-refractivity contribution < 1.29 is 17.9 Å². The van der Waals surface area contributed by atoms with E-state index < -0.39 is 10.0 Å². The Kier molecular flexibility index (Phi) is 8.84. The van der Waals surface area contributed by atoms with Crippen LogP contribution in [0.1, 0.15) is 45.4 Å². The highest BCUT2D eigenvalue weighted by Gasteiger charge is 2.29. The SMILES string of the molecule is CCCCCOc1ccc(S(=O)(=O)N2CCC(OCCCN)CC2)cc1. The van der Waals surface area contributed by atoms with Gasteiger partial charge in [-0.1, -0.05) is 19.8 Å². The molecular weight excluding hydrogens is 352 g/mol. The van der Waals surface area contributed by atoms with Gasteiger partial charge in [0.05, 0.1) is 17.6 Å². The molecule has 7 heteroatoms. The Labute approximate surface area is 157 Å². The first kappa shape index (κ1) is 21.2. The second-order valence-electron chi connectivity index (χ2n) is 6.64. The average Bonchev–Trinajstić information content (AvgIpc) is 2.66. The van der Waals surface area contributed by atoms with Crippen LogP contribution >= 0.6 is 0 Å². The van der Waals surface area contributed by atoms with Crippen LogP contribution in [0.15, 0.2) is 29.2 Å². The fourth-order valence-corrected chi connectivity index (χ4v) is 4.44. The summed E-state index contributed by atoms with van der Waals surface area (Å²) in [5.74, 6) is 0.715. The molecule has 1 heterocycles. The minimum Gasteiger partial charge on any atom is -0.494 e. The largest absolute Gasteiger partial charge is 0.494 e. The third-order valence-electron chi connectivity index (χ3n) is 4.58. The molecule has 1 aromatic rings. The van der Waals surface area contributed by atoms with Gasteiger partial charge in [0, 0.05) is 19.7 Å². The molecule has 2 rings (SSSR count). The van der Waals surface area contributed by atoms with Crippen LogP contribution in [0.5, 0.6) is 5.75 Å². The first-order valence-corrected chi connectivity index (χ1v) is 11.1. The van der Waals surface area contributed by atoms with Gasteiger partial charge in [0.2, 0.25) is 10.0 Å². The molecule has 148 valence electrons. The molecule has 1 saturated heterocycles. The smallest absolute Gasteiger partial charge is 0.243 e.